The molecule has 0 fully saturated rings. The van der Waals surface area contributed by atoms with Crippen LogP contribution < -0.4 is 10.2 Å². The van der Waals surface area contributed by atoms with Crippen molar-refractivity contribution in [3.63, 3.8) is 0 Å². The van der Waals surface area contributed by atoms with Crippen LogP contribution in [0.4, 0.5) is 5.69 Å². The minimum atomic E-state index is 0.795. The van der Waals surface area contributed by atoms with Crippen molar-refractivity contribution in [3.05, 3.63) is 29.3 Å². The van der Waals surface area contributed by atoms with Crippen molar-refractivity contribution in [2.24, 2.45) is 5.92 Å². The number of nitrogens with zero attached hydrogens (tertiary/aromatic N) is 1. The molecule has 108 valence electrons. The fourth-order valence-electron chi connectivity index (χ4n) is 2.61. The van der Waals surface area contributed by atoms with Gasteiger partial charge in [-0.05, 0) is 38.4 Å². The van der Waals surface area contributed by atoms with Gasteiger partial charge >= 0.3 is 0 Å². The molecule has 1 aromatic carbocycles. The number of hydrogen-bond donors (Lipinski definition) is 1. The Labute approximate surface area is 119 Å². The summed E-state index contributed by atoms with van der Waals surface area (Å²) in [5.74, 6) is 0.795. The van der Waals surface area contributed by atoms with E-state index in [2.05, 4.69) is 56.1 Å². The SMILES string of the molecule is CCC(CC)CN(CC)c1ccc(C)cc1CNC. The molecule has 0 spiro atoms. The van der Waals surface area contributed by atoms with Crippen molar-refractivity contribution in [1.29, 1.82) is 0 Å². The molecular weight excluding hydrogens is 232 g/mol. The Bertz CT molecular complexity index is 370. The summed E-state index contributed by atoms with van der Waals surface area (Å²) in [5.41, 5.74) is 4.15. The Balaban J connectivity index is 2.96. The third kappa shape index (κ3) is 4.54. The number of benzene rings is 1. The van der Waals surface area contributed by atoms with Gasteiger partial charge in [-0.15, -0.1) is 0 Å². The Hall–Kier alpha value is -1.02. The largest absolute Gasteiger partial charge is 0.371 e. The van der Waals surface area contributed by atoms with Gasteiger partial charge in [-0.1, -0.05) is 44.4 Å². The van der Waals surface area contributed by atoms with Crippen LogP contribution in [0.3, 0.4) is 0 Å². The summed E-state index contributed by atoms with van der Waals surface area (Å²) in [6, 6.07) is 6.82. The van der Waals surface area contributed by atoms with Crippen LogP contribution in [-0.4, -0.2) is 20.1 Å². The summed E-state index contributed by atoms with van der Waals surface area (Å²) in [4.78, 5) is 2.53. The standard InChI is InChI=1S/C17H30N2/c1-6-15(7-2)13-19(8-3)17-10-9-14(4)11-16(17)12-18-5/h9-11,15,18H,6-8,12-13H2,1-5H3. The molecule has 0 bridgehead atoms. The third-order valence-electron chi connectivity index (χ3n) is 3.96. The molecule has 0 saturated carbocycles. The fraction of sp³-hybridized carbons (Fsp3) is 0.647. The van der Waals surface area contributed by atoms with Crippen LogP contribution in [0.25, 0.3) is 0 Å². The predicted octanol–water partition coefficient (Wildman–Crippen LogP) is 3.98. The summed E-state index contributed by atoms with van der Waals surface area (Å²) in [6.45, 7) is 12.2. The molecule has 2 nitrogen and oxygen atoms in total. The molecule has 1 N–H and O–H groups in total. The van der Waals surface area contributed by atoms with Crippen LogP contribution in [0.15, 0.2) is 18.2 Å². The van der Waals surface area contributed by atoms with E-state index in [1.807, 2.05) is 7.05 Å². The molecule has 0 saturated heterocycles. The normalized spacial score (nSPS) is 11.1. The van der Waals surface area contributed by atoms with E-state index in [9.17, 15) is 0 Å². The van der Waals surface area contributed by atoms with Gasteiger partial charge in [0.25, 0.3) is 0 Å². The lowest BCUT2D eigenvalue weighted by molar-refractivity contribution is 0.485. The minimum absolute atomic E-state index is 0.795. The van der Waals surface area contributed by atoms with Gasteiger partial charge in [-0.2, -0.15) is 0 Å². The zero-order chi connectivity index (χ0) is 14.3. The highest BCUT2D eigenvalue weighted by molar-refractivity contribution is 5.55. The fourth-order valence-corrected chi connectivity index (χ4v) is 2.61. The second-order valence-electron chi connectivity index (χ2n) is 5.38. The summed E-state index contributed by atoms with van der Waals surface area (Å²) < 4.78 is 0. The van der Waals surface area contributed by atoms with Crippen LogP contribution in [0.2, 0.25) is 0 Å². The van der Waals surface area contributed by atoms with Crippen molar-refractivity contribution in [2.45, 2.75) is 47.1 Å². The van der Waals surface area contributed by atoms with Crippen molar-refractivity contribution in [2.75, 3.05) is 25.0 Å². The van der Waals surface area contributed by atoms with E-state index in [1.54, 1.807) is 0 Å². The van der Waals surface area contributed by atoms with Gasteiger partial charge in [0.1, 0.15) is 0 Å². The molecule has 19 heavy (non-hydrogen) atoms. The second kappa shape index (κ2) is 8.21. The molecule has 0 amide bonds. The molecule has 1 aromatic rings. The first-order valence-corrected chi connectivity index (χ1v) is 7.65. The average Bonchev–Trinajstić information content (AvgIpc) is 2.42. The Morgan fingerprint density at radius 1 is 1.16 bits per heavy atom. The van der Waals surface area contributed by atoms with Gasteiger partial charge in [-0.3, -0.25) is 0 Å². The first-order chi connectivity index (χ1) is 9.15. The van der Waals surface area contributed by atoms with E-state index < -0.39 is 0 Å². The summed E-state index contributed by atoms with van der Waals surface area (Å²) in [7, 11) is 2.02. The molecule has 1 rings (SSSR count). The molecule has 0 aliphatic carbocycles. The van der Waals surface area contributed by atoms with Gasteiger partial charge in [0.15, 0.2) is 0 Å². The van der Waals surface area contributed by atoms with Gasteiger partial charge in [0, 0.05) is 25.3 Å². The van der Waals surface area contributed by atoms with Crippen LogP contribution in [0.1, 0.15) is 44.7 Å². The number of aryl methyl sites for hydroxylation is 1. The maximum atomic E-state index is 3.29. The maximum absolute atomic E-state index is 3.29. The topological polar surface area (TPSA) is 15.3 Å². The van der Waals surface area contributed by atoms with Crippen molar-refractivity contribution in [1.82, 2.24) is 5.32 Å². The van der Waals surface area contributed by atoms with E-state index >= 15 is 0 Å². The zero-order valence-electron chi connectivity index (χ0n) is 13.3. The van der Waals surface area contributed by atoms with Crippen LogP contribution in [0, 0.1) is 12.8 Å². The van der Waals surface area contributed by atoms with Gasteiger partial charge < -0.3 is 10.2 Å². The molecule has 0 aliphatic heterocycles. The lowest BCUT2D eigenvalue weighted by atomic mass is 10.0. The lowest BCUT2D eigenvalue weighted by Crippen LogP contribution is -2.30. The van der Waals surface area contributed by atoms with E-state index in [4.69, 9.17) is 0 Å². The Morgan fingerprint density at radius 3 is 2.37 bits per heavy atom. The van der Waals surface area contributed by atoms with Crippen LogP contribution in [-0.2, 0) is 6.54 Å². The minimum Gasteiger partial charge on any atom is -0.371 e. The highest BCUT2D eigenvalue weighted by Gasteiger charge is 2.13. The zero-order valence-corrected chi connectivity index (χ0v) is 13.3. The van der Waals surface area contributed by atoms with E-state index in [-0.39, 0.29) is 0 Å². The molecule has 0 unspecified atom stereocenters. The Morgan fingerprint density at radius 2 is 1.84 bits per heavy atom. The monoisotopic (exact) mass is 262 g/mol. The number of hydrogen-bond acceptors (Lipinski definition) is 2. The van der Waals surface area contributed by atoms with Gasteiger partial charge in [-0.25, -0.2) is 0 Å². The van der Waals surface area contributed by atoms with E-state index in [0.29, 0.717) is 0 Å². The molecular formula is C17H30N2. The molecule has 0 radical (unpaired) electrons. The lowest BCUT2D eigenvalue weighted by Gasteiger charge is -2.29. The smallest absolute Gasteiger partial charge is 0.0412 e. The first-order valence-electron chi connectivity index (χ1n) is 7.65. The van der Waals surface area contributed by atoms with Crippen LogP contribution in [0.5, 0.6) is 0 Å². The van der Waals surface area contributed by atoms with Crippen molar-refractivity contribution < 1.29 is 0 Å². The predicted molar refractivity (Wildman–Crippen MR) is 85.9 cm³/mol. The van der Waals surface area contributed by atoms with Gasteiger partial charge in [0.2, 0.25) is 0 Å². The highest BCUT2D eigenvalue weighted by atomic mass is 15.1. The van der Waals surface area contributed by atoms with E-state index in [0.717, 1.165) is 19.0 Å². The number of anilines is 1. The van der Waals surface area contributed by atoms with Crippen LogP contribution >= 0.6 is 0 Å². The first kappa shape index (κ1) is 16.0. The molecule has 0 aliphatic rings. The number of rotatable bonds is 8. The van der Waals surface area contributed by atoms with Crippen molar-refractivity contribution in [3.8, 4) is 0 Å². The second-order valence-corrected chi connectivity index (χ2v) is 5.38. The maximum Gasteiger partial charge on any atom is 0.0412 e. The average molecular weight is 262 g/mol. The Kier molecular flexibility index (Phi) is 6.93. The van der Waals surface area contributed by atoms with E-state index in [1.165, 1.54) is 36.2 Å². The summed E-state index contributed by atoms with van der Waals surface area (Å²) in [5, 5.41) is 3.29. The molecule has 0 atom stereocenters. The summed E-state index contributed by atoms with van der Waals surface area (Å²) >= 11 is 0. The van der Waals surface area contributed by atoms with Gasteiger partial charge in [0.05, 0.1) is 0 Å². The molecule has 2 heteroatoms. The summed E-state index contributed by atoms with van der Waals surface area (Å²) in [6.07, 6.45) is 2.53. The molecule has 0 aromatic heterocycles. The highest BCUT2D eigenvalue weighted by Crippen LogP contribution is 2.24. The quantitative estimate of drug-likeness (QED) is 0.762. The number of nitrogens with one attached hydrogen (secondary N) is 1. The van der Waals surface area contributed by atoms with Crippen molar-refractivity contribution >= 4 is 5.69 Å². The third-order valence-corrected chi connectivity index (χ3v) is 3.96. The molecule has 0 heterocycles.